The summed E-state index contributed by atoms with van der Waals surface area (Å²) in [4.78, 5) is 0. The molecule has 1 heterocycles. The molecule has 0 spiro atoms. The van der Waals surface area contributed by atoms with Crippen LogP contribution in [0.3, 0.4) is 0 Å². The first kappa shape index (κ1) is 14.3. The highest BCUT2D eigenvalue weighted by Crippen LogP contribution is 2.39. The molecule has 18 heavy (non-hydrogen) atoms. The van der Waals surface area contributed by atoms with Crippen molar-refractivity contribution in [3.05, 3.63) is 0 Å². The predicted molar refractivity (Wildman–Crippen MR) is 72.1 cm³/mol. The van der Waals surface area contributed by atoms with E-state index in [4.69, 9.17) is 15.3 Å². The van der Waals surface area contributed by atoms with E-state index in [0.29, 0.717) is 5.92 Å². The molecular formula is C14H28N2O2. The van der Waals surface area contributed by atoms with Gasteiger partial charge in [-0.1, -0.05) is 19.3 Å². The molecule has 0 aromatic rings. The summed E-state index contributed by atoms with van der Waals surface area (Å²) in [5, 5.41) is 0. The number of rotatable bonds is 5. The lowest BCUT2D eigenvalue weighted by atomic mass is 9.73. The topological polar surface area (TPSA) is 56.5 Å². The lowest BCUT2D eigenvalue weighted by Gasteiger charge is -2.47. The summed E-state index contributed by atoms with van der Waals surface area (Å²) in [6, 6.07) is 0.279. The summed E-state index contributed by atoms with van der Waals surface area (Å²) in [5.41, 5.74) is 3.05. The molecule has 0 radical (unpaired) electrons. The zero-order valence-corrected chi connectivity index (χ0v) is 11.6. The Balaban J connectivity index is 2.09. The van der Waals surface area contributed by atoms with E-state index in [1.807, 2.05) is 0 Å². The Labute approximate surface area is 111 Å². The summed E-state index contributed by atoms with van der Waals surface area (Å²) in [7, 11) is 0. The van der Waals surface area contributed by atoms with Crippen LogP contribution in [0.15, 0.2) is 0 Å². The fourth-order valence-corrected chi connectivity index (χ4v) is 3.75. The third kappa shape index (κ3) is 3.05. The maximum Gasteiger partial charge on any atom is 0.0850 e. The van der Waals surface area contributed by atoms with Crippen LogP contribution in [-0.4, -0.2) is 31.5 Å². The molecule has 0 amide bonds. The monoisotopic (exact) mass is 256 g/mol. The molecule has 1 unspecified atom stereocenters. The largest absolute Gasteiger partial charge is 0.381 e. The van der Waals surface area contributed by atoms with Crippen LogP contribution in [0.4, 0.5) is 0 Å². The Morgan fingerprint density at radius 2 is 1.94 bits per heavy atom. The van der Waals surface area contributed by atoms with Crippen LogP contribution in [-0.2, 0) is 9.47 Å². The van der Waals surface area contributed by atoms with Gasteiger partial charge in [-0.3, -0.25) is 11.3 Å². The van der Waals surface area contributed by atoms with Crippen molar-refractivity contribution in [3.63, 3.8) is 0 Å². The molecule has 1 aliphatic heterocycles. The Kier molecular flexibility index (Phi) is 5.42. The molecule has 1 saturated heterocycles. The minimum Gasteiger partial charge on any atom is -0.381 e. The van der Waals surface area contributed by atoms with Crippen LogP contribution in [0, 0.1) is 5.92 Å². The SMILES string of the molecule is CCOC1(C(NN)C2CCOCC2)CCCCC1. The molecule has 4 nitrogen and oxygen atoms in total. The zero-order chi connectivity index (χ0) is 12.8. The van der Waals surface area contributed by atoms with Gasteiger partial charge in [-0.25, -0.2) is 0 Å². The molecule has 0 bridgehead atoms. The van der Waals surface area contributed by atoms with Crippen LogP contribution in [0.1, 0.15) is 51.9 Å². The highest BCUT2D eigenvalue weighted by molar-refractivity contribution is 4.98. The van der Waals surface area contributed by atoms with Crippen molar-refractivity contribution in [3.8, 4) is 0 Å². The quantitative estimate of drug-likeness (QED) is 0.583. The maximum absolute atomic E-state index is 6.19. The van der Waals surface area contributed by atoms with Crippen LogP contribution >= 0.6 is 0 Å². The third-order valence-electron chi connectivity index (χ3n) is 4.62. The second-order valence-electron chi connectivity index (χ2n) is 5.65. The van der Waals surface area contributed by atoms with Gasteiger partial charge in [0.05, 0.1) is 11.6 Å². The van der Waals surface area contributed by atoms with Gasteiger partial charge < -0.3 is 9.47 Å². The molecule has 106 valence electrons. The Bertz CT molecular complexity index is 230. The van der Waals surface area contributed by atoms with E-state index in [1.54, 1.807) is 0 Å². The fourth-order valence-electron chi connectivity index (χ4n) is 3.75. The van der Waals surface area contributed by atoms with Crippen molar-refractivity contribution in [2.24, 2.45) is 11.8 Å². The second-order valence-corrected chi connectivity index (χ2v) is 5.65. The molecule has 4 heteroatoms. The van der Waals surface area contributed by atoms with Crippen LogP contribution in [0.5, 0.6) is 0 Å². The van der Waals surface area contributed by atoms with Crippen molar-refractivity contribution in [2.45, 2.75) is 63.5 Å². The first-order valence-corrected chi connectivity index (χ1v) is 7.50. The average Bonchev–Trinajstić information content (AvgIpc) is 2.42. The Hall–Kier alpha value is -0.160. The van der Waals surface area contributed by atoms with Gasteiger partial charge in [0.15, 0.2) is 0 Å². The van der Waals surface area contributed by atoms with Crippen LogP contribution < -0.4 is 11.3 Å². The van der Waals surface area contributed by atoms with Gasteiger partial charge in [0.1, 0.15) is 0 Å². The van der Waals surface area contributed by atoms with Gasteiger partial charge in [0.2, 0.25) is 0 Å². The molecule has 0 aromatic heterocycles. The van der Waals surface area contributed by atoms with Crippen molar-refractivity contribution >= 4 is 0 Å². The summed E-state index contributed by atoms with van der Waals surface area (Å²) < 4.78 is 11.7. The second kappa shape index (κ2) is 6.85. The lowest BCUT2D eigenvalue weighted by molar-refractivity contribution is -0.112. The number of hydrogen-bond acceptors (Lipinski definition) is 4. The summed E-state index contributed by atoms with van der Waals surface area (Å²) in [6.45, 7) is 4.60. The van der Waals surface area contributed by atoms with Crippen molar-refractivity contribution in [1.29, 1.82) is 0 Å². The van der Waals surface area contributed by atoms with E-state index in [9.17, 15) is 0 Å². The van der Waals surface area contributed by atoms with E-state index < -0.39 is 0 Å². The molecule has 2 aliphatic rings. The predicted octanol–water partition coefficient (Wildman–Crippen LogP) is 1.98. The molecule has 1 aliphatic carbocycles. The lowest BCUT2D eigenvalue weighted by Crippen LogP contribution is -2.60. The van der Waals surface area contributed by atoms with E-state index in [-0.39, 0.29) is 11.6 Å². The van der Waals surface area contributed by atoms with Gasteiger partial charge in [0, 0.05) is 19.8 Å². The molecule has 1 atom stereocenters. The van der Waals surface area contributed by atoms with Crippen molar-refractivity contribution in [2.75, 3.05) is 19.8 Å². The van der Waals surface area contributed by atoms with Crippen LogP contribution in [0.25, 0.3) is 0 Å². The summed E-state index contributed by atoms with van der Waals surface area (Å²) in [5.74, 6) is 6.47. The average molecular weight is 256 g/mol. The third-order valence-corrected chi connectivity index (χ3v) is 4.62. The van der Waals surface area contributed by atoms with Crippen LogP contribution in [0.2, 0.25) is 0 Å². The minimum atomic E-state index is -0.0379. The van der Waals surface area contributed by atoms with Crippen molar-refractivity contribution < 1.29 is 9.47 Å². The van der Waals surface area contributed by atoms with E-state index in [0.717, 1.165) is 45.5 Å². The zero-order valence-electron chi connectivity index (χ0n) is 11.6. The first-order valence-electron chi connectivity index (χ1n) is 7.50. The first-order chi connectivity index (χ1) is 8.82. The minimum absolute atomic E-state index is 0.0379. The molecule has 3 N–H and O–H groups in total. The molecule has 2 fully saturated rings. The normalized spacial score (nSPS) is 27.0. The van der Waals surface area contributed by atoms with Gasteiger partial charge in [-0.05, 0) is 38.5 Å². The van der Waals surface area contributed by atoms with E-state index in [2.05, 4.69) is 12.3 Å². The maximum atomic E-state index is 6.19. The molecular weight excluding hydrogens is 228 g/mol. The van der Waals surface area contributed by atoms with Gasteiger partial charge in [-0.2, -0.15) is 0 Å². The standard InChI is InChI=1S/C14H28N2O2/c1-2-18-14(8-4-3-5-9-14)13(16-15)12-6-10-17-11-7-12/h12-13,16H,2-11,15H2,1H3. The number of ether oxygens (including phenoxy) is 2. The van der Waals surface area contributed by atoms with Crippen molar-refractivity contribution in [1.82, 2.24) is 5.43 Å². The number of nitrogens with two attached hydrogens (primary N) is 1. The summed E-state index contributed by atoms with van der Waals surface area (Å²) in [6.07, 6.45) is 8.36. The molecule has 1 saturated carbocycles. The Morgan fingerprint density at radius 3 is 2.50 bits per heavy atom. The van der Waals surface area contributed by atoms with E-state index in [1.165, 1.54) is 19.3 Å². The Morgan fingerprint density at radius 1 is 1.28 bits per heavy atom. The highest BCUT2D eigenvalue weighted by atomic mass is 16.5. The summed E-state index contributed by atoms with van der Waals surface area (Å²) >= 11 is 0. The number of nitrogens with one attached hydrogen (secondary N) is 1. The number of hydrogen-bond donors (Lipinski definition) is 2. The molecule has 2 rings (SSSR count). The van der Waals surface area contributed by atoms with Gasteiger partial charge in [0.25, 0.3) is 0 Å². The van der Waals surface area contributed by atoms with Gasteiger partial charge in [-0.15, -0.1) is 0 Å². The molecule has 0 aromatic carbocycles. The fraction of sp³-hybridized carbons (Fsp3) is 1.00. The smallest absolute Gasteiger partial charge is 0.0850 e. The van der Waals surface area contributed by atoms with E-state index >= 15 is 0 Å². The number of hydrazine groups is 1. The van der Waals surface area contributed by atoms with Gasteiger partial charge >= 0.3 is 0 Å². The highest BCUT2D eigenvalue weighted by Gasteiger charge is 2.44.